The number of likely N-dealkylation sites (N-methyl/N-ethyl adjacent to an activating group) is 1. The topological polar surface area (TPSA) is 84.9 Å². The number of nitrogens with zero attached hydrogens (tertiary/aromatic N) is 1. The molecule has 0 heterocycles. The lowest BCUT2D eigenvalue weighted by atomic mass is 10.0. The van der Waals surface area contributed by atoms with Crippen LogP contribution in [-0.2, 0) is 14.8 Å². The summed E-state index contributed by atoms with van der Waals surface area (Å²) in [7, 11) is 0.411. The van der Waals surface area contributed by atoms with E-state index in [1.165, 1.54) is 39.5 Å². The molecule has 0 fully saturated rings. The van der Waals surface area contributed by atoms with Crippen molar-refractivity contribution in [3.8, 4) is 11.5 Å². The van der Waals surface area contributed by atoms with Gasteiger partial charge < -0.3 is 14.8 Å². The fraction of sp³-hybridized carbons (Fsp3) is 0.381. The summed E-state index contributed by atoms with van der Waals surface area (Å²) >= 11 is 0. The maximum Gasteiger partial charge on any atom is 0.243 e. The molecule has 2 rings (SSSR count). The summed E-state index contributed by atoms with van der Waals surface area (Å²) in [5.41, 5.74) is 2.12. The summed E-state index contributed by atoms with van der Waals surface area (Å²) in [5.74, 6) is 0.358. The number of benzene rings is 2. The molecule has 0 aromatic heterocycles. The highest BCUT2D eigenvalue weighted by Crippen LogP contribution is 2.30. The van der Waals surface area contributed by atoms with E-state index < -0.39 is 10.0 Å². The Morgan fingerprint density at radius 3 is 2.24 bits per heavy atom. The van der Waals surface area contributed by atoms with Crippen molar-refractivity contribution in [2.24, 2.45) is 0 Å². The predicted molar refractivity (Wildman–Crippen MR) is 112 cm³/mol. The Morgan fingerprint density at radius 1 is 1.07 bits per heavy atom. The molecule has 0 saturated carbocycles. The number of carbonyl (C=O) groups excluding carboxylic acids is 1. The molecule has 0 bridgehead atoms. The van der Waals surface area contributed by atoms with Crippen LogP contribution in [0.15, 0.2) is 47.4 Å². The second-order valence-corrected chi connectivity index (χ2v) is 8.76. The molecule has 1 N–H and O–H groups in total. The predicted octanol–water partition coefficient (Wildman–Crippen LogP) is 2.90. The Labute approximate surface area is 172 Å². The maximum absolute atomic E-state index is 12.8. The van der Waals surface area contributed by atoms with Crippen LogP contribution in [0.5, 0.6) is 11.5 Å². The highest BCUT2D eigenvalue weighted by molar-refractivity contribution is 7.89. The van der Waals surface area contributed by atoms with Crippen LogP contribution in [0.4, 0.5) is 0 Å². The van der Waals surface area contributed by atoms with E-state index >= 15 is 0 Å². The van der Waals surface area contributed by atoms with E-state index in [0.717, 1.165) is 15.4 Å². The van der Waals surface area contributed by atoms with Gasteiger partial charge >= 0.3 is 0 Å². The third kappa shape index (κ3) is 5.48. The Hall–Kier alpha value is -2.58. The molecule has 0 aliphatic carbocycles. The van der Waals surface area contributed by atoms with E-state index in [9.17, 15) is 13.2 Å². The first-order valence-electron chi connectivity index (χ1n) is 9.27. The largest absolute Gasteiger partial charge is 0.493 e. The molecule has 0 saturated heterocycles. The van der Waals surface area contributed by atoms with Gasteiger partial charge in [0.2, 0.25) is 15.9 Å². The normalized spacial score (nSPS) is 12.5. The zero-order chi connectivity index (χ0) is 21.6. The van der Waals surface area contributed by atoms with Gasteiger partial charge in [0.15, 0.2) is 11.5 Å². The molecular formula is C21H28N2O5S. The fourth-order valence-corrected chi connectivity index (χ4v) is 4.05. The van der Waals surface area contributed by atoms with E-state index in [-0.39, 0.29) is 23.4 Å². The monoisotopic (exact) mass is 420 g/mol. The van der Waals surface area contributed by atoms with E-state index in [1.807, 2.05) is 38.1 Å². The van der Waals surface area contributed by atoms with E-state index in [0.29, 0.717) is 17.9 Å². The van der Waals surface area contributed by atoms with Gasteiger partial charge in [-0.05, 0) is 31.0 Å². The molecule has 158 valence electrons. The molecule has 2 aromatic carbocycles. The molecule has 8 heteroatoms. The number of carbonyl (C=O) groups is 1. The van der Waals surface area contributed by atoms with Crippen LogP contribution in [0.2, 0.25) is 0 Å². The highest BCUT2D eigenvalue weighted by Gasteiger charge is 2.25. The van der Waals surface area contributed by atoms with Gasteiger partial charge in [0.1, 0.15) is 0 Å². The van der Waals surface area contributed by atoms with Crippen LogP contribution < -0.4 is 14.8 Å². The first kappa shape index (κ1) is 22.7. The van der Waals surface area contributed by atoms with Crippen LogP contribution >= 0.6 is 0 Å². The summed E-state index contributed by atoms with van der Waals surface area (Å²) in [6.45, 7) is 3.67. The average Bonchev–Trinajstić information content (AvgIpc) is 2.71. The van der Waals surface area contributed by atoms with Gasteiger partial charge in [0.25, 0.3) is 0 Å². The van der Waals surface area contributed by atoms with E-state index in [2.05, 4.69) is 5.32 Å². The van der Waals surface area contributed by atoms with E-state index in [1.54, 1.807) is 0 Å². The van der Waals surface area contributed by atoms with Crippen molar-refractivity contribution in [1.82, 2.24) is 9.62 Å². The van der Waals surface area contributed by atoms with Crippen molar-refractivity contribution in [3.63, 3.8) is 0 Å². The molecule has 29 heavy (non-hydrogen) atoms. The number of hydrogen-bond acceptors (Lipinski definition) is 5. The minimum absolute atomic E-state index is 0.0241. The number of amides is 1. The van der Waals surface area contributed by atoms with Crippen LogP contribution in [0.1, 0.15) is 30.5 Å². The SMILES string of the molecule is CCC(NC(=O)CN(C)S(=O)(=O)c1ccc(OC)c(OC)c1)c1ccc(C)cc1. The Kier molecular flexibility index (Phi) is 7.64. The standard InChI is InChI=1S/C21H28N2O5S/c1-6-18(16-9-7-15(2)8-10-16)22-21(24)14-23(3)29(25,26)17-11-12-19(27-4)20(13-17)28-5/h7-13,18H,6,14H2,1-5H3,(H,22,24). The minimum atomic E-state index is -3.87. The zero-order valence-corrected chi connectivity index (χ0v) is 18.2. The number of hydrogen-bond donors (Lipinski definition) is 1. The smallest absolute Gasteiger partial charge is 0.243 e. The zero-order valence-electron chi connectivity index (χ0n) is 17.4. The molecule has 1 unspecified atom stereocenters. The van der Waals surface area contributed by atoms with Crippen LogP contribution in [0.3, 0.4) is 0 Å². The van der Waals surface area contributed by atoms with Crippen molar-refractivity contribution in [3.05, 3.63) is 53.6 Å². The molecular weight excluding hydrogens is 392 g/mol. The number of aryl methyl sites for hydroxylation is 1. The number of nitrogens with one attached hydrogen (secondary N) is 1. The van der Waals surface area contributed by atoms with Gasteiger partial charge in [0, 0.05) is 13.1 Å². The van der Waals surface area contributed by atoms with Crippen molar-refractivity contribution in [1.29, 1.82) is 0 Å². The molecule has 7 nitrogen and oxygen atoms in total. The van der Waals surface area contributed by atoms with Gasteiger partial charge in [-0.25, -0.2) is 8.42 Å². The van der Waals surface area contributed by atoms with Gasteiger partial charge in [-0.1, -0.05) is 36.8 Å². The van der Waals surface area contributed by atoms with Crippen LogP contribution in [0.25, 0.3) is 0 Å². The van der Waals surface area contributed by atoms with Gasteiger partial charge in [0.05, 0.1) is 31.7 Å². The van der Waals surface area contributed by atoms with Crippen molar-refractivity contribution in [2.45, 2.75) is 31.2 Å². The highest BCUT2D eigenvalue weighted by atomic mass is 32.2. The fourth-order valence-electron chi connectivity index (χ4n) is 2.90. The number of rotatable bonds is 9. The molecule has 1 atom stereocenters. The number of ether oxygens (including phenoxy) is 2. The van der Waals surface area contributed by atoms with Crippen LogP contribution in [-0.4, -0.2) is 46.4 Å². The Balaban J connectivity index is 2.12. The first-order valence-corrected chi connectivity index (χ1v) is 10.7. The second kappa shape index (κ2) is 9.76. The average molecular weight is 421 g/mol. The number of methoxy groups -OCH3 is 2. The lowest BCUT2D eigenvalue weighted by Gasteiger charge is -2.21. The Bertz CT molecular complexity index is 942. The molecule has 2 aromatic rings. The van der Waals surface area contributed by atoms with Crippen LogP contribution in [0, 0.1) is 6.92 Å². The van der Waals surface area contributed by atoms with Crippen molar-refractivity contribution in [2.75, 3.05) is 27.8 Å². The first-order chi connectivity index (χ1) is 13.7. The van der Waals surface area contributed by atoms with E-state index in [4.69, 9.17) is 9.47 Å². The lowest BCUT2D eigenvalue weighted by Crippen LogP contribution is -2.39. The minimum Gasteiger partial charge on any atom is -0.493 e. The molecule has 1 amide bonds. The molecule has 0 aliphatic heterocycles. The quantitative estimate of drug-likeness (QED) is 0.674. The summed E-state index contributed by atoms with van der Waals surface area (Å²) in [4.78, 5) is 12.5. The summed E-state index contributed by atoms with van der Waals surface area (Å²) < 4.78 is 37.0. The Morgan fingerprint density at radius 2 is 1.69 bits per heavy atom. The maximum atomic E-state index is 12.8. The third-order valence-electron chi connectivity index (χ3n) is 4.65. The van der Waals surface area contributed by atoms with Crippen molar-refractivity contribution >= 4 is 15.9 Å². The molecule has 0 aliphatic rings. The number of sulfonamides is 1. The third-order valence-corrected chi connectivity index (χ3v) is 6.45. The van der Waals surface area contributed by atoms with Gasteiger partial charge in [-0.3, -0.25) is 4.79 Å². The summed E-state index contributed by atoms with van der Waals surface area (Å²) in [6, 6.07) is 12.0. The van der Waals surface area contributed by atoms with Crippen molar-refractivity contribution < 1.29 is 22.7 Å². The molecule has 0 radical (unpaired) electrons. The van der Waals surface area contributed by atoms with Gasteiger partial charge in [-0.15, -0.1) is 0 Å². The summed E-state index contributed by atoms with van der Waals surface area (Å²) in [5, 5.41) is 2.91. The second-order valence-electron chi connectivity index (χ2n) is 6.72. The molecule has 0 spiro atoms. The van der Waals surface area contributed by atoms with Gasteiger partial charge in [-0.2, -0.15) is 4.31 Å². The summed E-state index contributed by atoms with van der Waals surface area (Å²) in [6.07, 6.45) is 0.695. The lowest BCUT2D eigenvalue weighted by molar-refractivity contribution is -0.121.